The number of imidazole rings is 1. The Morgan fingerprint density at radius 3 is 2.86 bits per heavy atom. The number of rotatable bonds is 8. The van der Waals surface area contributed by atoms with Crippen LogP contribution in [0.25, 0.3) is 5.65 Å². The molecule has 150 valence electrons. The zero-order valence-electron chi connectivity index (χ0n) is 16.5. The number of amides is 2. The summed E-state index contributed by atoms with van der Waals surface area (Å²) in [6.07, 6.45) is 8.15. The lowest BCUT2D eigenvalue weighted by Crippen LogP contribution is -2.51. The molecular formula is C21H28N4O3. The van der Waals surface area contributed by atoms with E-state index in [1.807, 2.05) is 25.1 Å². The van der Waals surface area contributed by atoms with Crippen LogP contribution in [0.1, 0.15) is 62.9 Å². The summed E-state index contributed by atoms with van der Waals surface area (Å²) >= 11 is 0. The molecule has 0 bridgehead atoms. The number of unbranched alkanes of at least 4 members (excludes halogenated alkanes) is 1. The van der Waals surface area contributed by atoms with Crippen molar-refractivity contribution >= 4 is 23.2 Å². The lowest BCUT2D eigenvalue weighted by molar-refractivity contribution is -0.125. The summed E-state index contributed by atoms with van der Waals surface area (Å²) in [7, 11) is 0. The summed E-state index contributed by atoms with van der Waals surface area (Å²) in [6, 6.07) is 4.74. The van der Waals surface area contributed by atoms with E-state index in [0.29, 0.717) is 17.8 Å². The minimum absolute atomic E-state index is 0.114. The van der Waals surface area contributed by atoms with Gasteiger partial charge in [0.25, 0.3) is 5.91 Å². The normalized spacial score (nSPS) is 20.1. The second-order valence-electron chi connectivity index (χ2n) is 7.50. The van der Waals surface area contributed by atoms with Gasteiger partial charge in [0.15, 0.2) is 0 Å². The number of hydrogen-bond acceptors (Lipinski definition) is 4. The topological polar surface area (TPSA) is 92.6 Å². The number of Topliss-reactive ketones (excluding diaryl/α,β-unsaturated/α-hetero) is 1. The van der Waals surface area contributed by atoms with E-state index in [4.69, 9.17) is 0 Å². The summed E-state index contributed by atoms with van der Waals surface area (Å²) in [4.78, 5) is 41.7. The molecule has 1 aliphatic rings. The van der Waals surface area contributed by atoms with Gasteiger partial charge in [0.05, 0.1) is 6.20 Å². The second-order valence-corrected chi connectivity index (χ2v) is 7.50. The summed E-state index contributed by atoms with van der Waals surface area (Å²) in [6.45, 7) is 3.63. The Morgan fingerprint density at radius 2 is 2.11 bits per heavy atom. The molecule has 2 aromatic rings. The van der Waals surface area contributed by atoms with Gasteiger partial charge in [-0.05, 0) is 38.3 Å². The number of nitrogens with one attached hydrogen (secondary N) is 2. The molecule has 7 nitrogen and oxygen atoms in total. The summed E-state index contributed by atoms with van der Waals surface area (Å²) in [5.41, 5.74) is 1.07. The standard InChI is InChI=1S/C21H28N4O3/c1-3-4-9-17(20(27)23-16-10-7-8-15(16)14(2)26)24-21(28)18-13-22-19-11-5-6-12-25(18)19/h5-6,11-13,15-17H,3-4,7-10H2,1-2H3,(H,23,27)(H,24,28)/t15-,16-,17-/m0/s1. The quantitative estimate of drug-likeness (QED) is 0.731. The van der Waals surface area contributed by atoms with Crippen LogP contribution in [0.2, 0.25) is 0 Å². The maximum Gasteiger partial charge on any atom is 0.270 e. The third-order valence-electron chi connectivity index (χ3n) is 5.48. The molecule has 3 rings (SSSR count). The maximum absolute atomic E-state index is 12.9. The molecule has 2 heterocycles. The monoisotopic (exact) mass is 384 g/mol. The van der Waals surface area contributed by atoms with Gasteiger partial charge in [-0.15, -0.1) is 0 Å². The highest BCUT2D eigenvalue weighted by Crippen LogP contribution is 2.26. The molecule has 0 unspecified atom stereocenters. The Balaban J connectivity index is 1.71. The van der Waals surface area contributed by atoms with Crippen LogP contribution in [0.4, 0.5) is 0 Å². The van der Waals surface area contributed by atoms with Crippen molar-refractivity contribution in [2.24, 2.45) is 5.92 Å². The molecule has 2 amide bonds. The van der Waals surface area contributed by atoms with E-state index < -0.39 is 6.04 Å². The minimum atomic E-state index is -0.630. The van der Waals surface area contributed by atoms with Crippen LogP contribution in [0.5, 0.6) is 0 Å². The van der Waals surface area contributed by atoms with Crippen LogP contribution in [0.3, 0.4) is 0 Å². The highest BCUT2D eigenvalue weighted by molar-refractivity contribution is 5.97. The predicted molar refractivity (Wildman–Crippen MR) is 106 cm³/mol. The van der Waals surface area contributed by atoms with Crippen molar-refractivity contribution < 1.29 is 14.4 Å². The molecule has 1 saturated carbocycles. The van der Waals surface area contributed by atoms with Crippen LogP contribution in [-0.4, -0.2) is 39.1 Å². The summed E-state index contributed by atoms with van der Waals surface area (Å²) in [5, 5.41) is 5.88. The van der Waals surface area contributed by atoms with E-state index in [1.165, 1.54) is 6.20 Å². The zero-order valence-corrected chi connectivity index (χ0v) is 16.5. The van der Waals surface area contributed by atoms with Crippen molar-refractivity contribution in [2.45, 2.75) is 64.5 Å². The van der Waals surface area contributed by atoms with Gasteiger partial charge in [0.1, 0.15) is 23.2 Å². The Morgan fingerprint density at radius 1 is 1.29 bits per heavy atom. The predicted octanol–water partition coefficient (Wildman–Crippen LogP) is 2.50. The average molecular weight is 384 g/mol. The van der Waals surface area contributed by atoms with Crippen molar-refractivity contribution in [3.8, 4) is 0 Å². The lowest BCUT2D eigenvalue weighted by Gasteiger charge is -2.23. The number of ketones is 1. The fourth-order valence-corrected chi connectivity index (χ4v) is 3.91. The smallest absolute Gasteiger partial charge is 0.270 e. The second kappa shape index (κ2) is 8.99. The third-order valence-corrected chi connectivity index (χ3v) is 5.48. The molecule has 7 heteroatoms. The van der Waals surface area contributed by atoms with E-state index in [0.717, 1.165) is 32.1 Å². The highest BCUT2D eigenvalue weighted by atomic mass is 16.2. The summed E-state index contributed by atoms with van der Waals surface area (Å²) < 4.78 is 1.70. The van der Waals surface area contributed by atoms with Gasteiger partial charge in [0, 0.05) is 18.2 Å². The van der Waals surface area contributed by atoms with E-state index in [-0.39, 0.29) is 29.6 Å². The first-order valence-electron chi connectivity index (χ1n) is 10.0. The van der Waals surface area contributed by atoms with Crippen LogP contribution in [0, 0.1) is 5.92 Å². The van der Waals surface area contributed by atoms with Gasteiger partial charge < -0.3 is 10.6 Å². The fraction of sp³-hybridized carbons (Fsp3) is 0.524. The van der Waals surface area contributed by atoms with E-state index in [1.54, 1.807) is 17.5 Å². The molecule has 0 radical (unpaired) electrons. The van der Waals surface area contributed by atoms with Crippen molar-refractivity contribution in [3.05, 3.63) is 36.3 Å². The van der Waals surface area contributed by atoms with Crippen molar-refractivity contribution in [2.75, 3.05) is 0 Å². The Kier molecular flexibility index (Phi) is 6.44. The van der Waals surface area contributed by atoms with E-state index in [9.17, 15) is 14.4 Å². The Labute approximate surface area is 164 Å². The number of aromatic nitrogens is 2. The first-order chi connectivity index (χ1) is 13.5. The van der Waals surface area contributed by atoms with Gasteiger partial charge in [0.2, 0.25) is 5.91 Å². The first kappa shape index (κ1) is 20.0. The van der Waals surface area contributed by atoms with Gasteiger partial charge in [-0.25, -0.2) is 4.98 Å². The zero-order chi connectivity index (χ0) is 20.1. The van der Waals surface area contributed by atoms with Gasteiger partial charge in [-0.1, -0.05) is 32.3 Å². The molecule has 1 fully saturated rings. The first-order valence-corrected chi connectivity index (χ1v) is 10.0. The number of fused-ring (bicyclic) bond motifs is 1. The van der Waals surface area contributed by atoms with Gasteiger partial charge in [-0.3, -0.25) is 18.8 Å². The highest BCUT2D eigenvalue weighted by Gasteiger charge is 2.33. The number of carbonyl (C=O) groups excluding carboxylic acids is 3. The van der Waals surface area contributed by atoms with Crippen LogP contribution >= 0.6 is 0 Å². The molecule has 3 atom stereocenters. The SMILES string of the molecule is CCCC[C@H](NC(=O)c1cnc2ccccn12)C(=O)N[C@H]1CCC[C@H]1C(C)=O. The Bertz CT molecular complexity index is 860. The molecule has 0 spiro atoms. The molecule has 0 aliphatic heterocycles. The average Bonchev–Trinajstić information content (AvgIpc) is 3.31. The summed E-state index contributed by atoms with van der Waals surface area (Å²) in [5.74, 6) is -0.550. The van der Waals surface area contributed by atoms with Crippen LogP contribution < -0.4 is 10.6 Å². The maximum atomic E-state index is 12.9. The van der Waals surface area contributed by atoms with E-state index in [2.05, 4.69) is 15.6 Å². The number of hydrogen-bond donors (Lipinski definition) is 2. The molecule has 1 aliphatic carbocycles. The van der Waals surface area contributed by atoms with Crippen molar-refractivity contribution in [1.82, 2.24) is 20.0 Å². The van der Waals surface area contributed by atoms with Gasteiger partial charge in [-0.2, -0.15) is 0 Å². The fourth-order valence-electron chi connectivity index (χ4n) is 3.91. The largest absolute Gasteiger partial charge is 0.351 e. The number of carbonyl (C=O) groups is 3. The minimum Gasteiger partial charge on any atom is -0.351 e. The lowest BCUT2D eigenvalue weighted by atomic mass is 9.98. The number of nitrogens with zero attached hydrogens (tertiary/aromatic N) is 2. The van der Waals surface area contributed by atoms with Crippen molar-refractivity contribution in [3.63, 3.8) is 0 Å². The molecule has 2 N–H and O–H groups in total. The molecule has 0 saturated heterocycles. The third kappa shape index (κ3) is 4.40. The molecule has 0 aromatic carbocycles. The van der Waals surface area contributed by atoms with E-state index >= 15 is 0 Å². The van der Waals surface area contributed by atoms with Crippen LogP contribution in [0.15, 0.2) is 30.6 Å². The molecule has 28 heavy (non-hydrogen) atoms. The number of pyridine rings is 1. The van der Waals surface area contributed by atoms with Gasteiger partial charge >= 0.3 is 0 Å². The molecule has 2 aromatic heterocycles. The van der Waals surface area contributed by atoms with Crippen molar-refractivity contribution in [1.29, 1.82) is 0 Å². The Hall–Kier alpha value is -2.70. The van der Waals surface area contributed by atoms with Crippen LogP contribution in [-0.2, 0) is 9.59 Å². The molecular weight excluding hydrogens is 356 g/mol.